The Morgan fingerprint density at radius 2 is 0.600 bits per heavy atom. The third-order valence-electron chi connectivity index (χ3n) is 0.425. The van der Waals surface area contributed by atoms with Crippen molar-refractivity contribution in [1.29, 1.82) is 0 Å². The fourth-order valence-electron chi connectivity index (χ4n) is 0.277. The molecule has 0 atom stereocenters. The topological polar surface area (TPSA) is 249 Å². The van der Waals surface area contributed by atoms with E-state index in [1.807, 2.05) is 0 Å². The van der Waals surface area contributed by atoms with Crippen LogP contribution in [0.2, 0.25) is 0 Å². The summed E-state index contributed by atoms with van der Waals surface area (Å²) in [5, 5.41) is 0. The molecule has 0 saturated heterocycles. The molecule has 0 bridgehead atoms. The zero-order chi connectivity index (χ0) is 15.4. The van der Waals surface area contributed by atoms with Gasteiger partial charge < -0.3 is 39.1 Å². The van der Waals surface area contributed by atoms with Crippen molar-refractivity contribution in [3.63, 3.8) is 0 Å². The van der Waals surface area contributed by atoms with Crippen LogP contribution in [0.4, 0.5) is 0 Å². The standard InChI is InChI=1S/Mg.2H4O7P2.Zn.2H/c;2*1-8(2,3)7-9(4,5)6;;;/h;2*(H2,1,2,3)(H2,4,5,6);;;. The van der Waals surface area contributed by atoms with Crippen LogP contribution in [0.25, 0.3) is 0 Å². The molecular formula is H10MgO14P4Zn. The molecule has 0 aromatic carbocycles. The Morgan fingerprint density at radius 1 is 0.500 bits per heavy atom. The van der Waals surface area contributed by atoms with Gasteiger partial charge in [-0.05, 0) is 0 Å². The Morgan fingerprint density at radius 3 is 0.600 bits per heavy atom. The molecule has 8 N–H and O–H groups in total. The molecule has 20 heteroatoms. The first-order chi connectivity index (χ1) is 7.41. The quantitative estimate of drug-likeness (QED) is 0.163. The molecule has 0 aliphatic rings. The summed E-state index contributed by atoms with van der Waals surface area (Å²) >= 11 is 0. The van der Waals surface area contributed by atoms with E-state index in [0.717, 1.165) is 0 Å². The van der Waals surface area contributed by atoms with Crippen molar-refractivity contribution in [2.75, 3.05) is 0 Å². The molecule has 0 aliphatic carbocycles. The van der Waals surface area contributed by atoms with E-state index >= 15 is 0 Å². The molecule has 0 spiro atoms. The first kappa shape index (κ1) is 29.9. The van der Waals surface area contributed by atoms with Gasteiger partial charge in [-0.3, -0.25) is 0 Å². The molecule has 0 heterocycles. The summed E-state index contributed by atoms with van der Waals surface area (Å²) in [5.74, 6) is 0. The summed E-state index contributed by atoms with van der Waals surface area (Å²) in [4.78, 5) is 62.0. The Hall–Kier alpha value is 1.91. The van der Waals surface area contributed by atoms with Gasteiger partial charge in [0.1, 0.15) is 0 Å². The number of hydrogen-bond acceptors (Lipinski definition) is 6. The molecule has 0 amide bonds. The van der Waals surface area contributed by atoms with Crippen LogP contribution in [0, 0.1) is 0 Å². The summed E-state index contributed by atoms with van der Waals surface area (Å²) in [6.45, 7) is 0. The van der Waals surface area contributed by atoms with E-state index in [9.17, 15) is 18.3 Å². The van der Waals surface area contributed by atoms with Gasteiger partial charge in [-0.2, -0.15) is 8.62 Å². The fraction of sp³-hybridized carbons (Fsp3) is 0. The second kappa shape index (κ2) is 10.6. The minimum Gasteiger partial charge on any atom is -0.302 e. The van der Waals surface area contributed by atoms with E-state index in [1.165, 1.54) is 0 Å². The van der Waals surface area contributed by atoms with Crippen molar-refractivity contribution < 1.29 is 85.5 Å². The van der Waals surface area contributed by atoms with Crippen molar-refractivity contribution in [2.24, 2.45) is 0 Å². The van der Waals surface area contributed by atoms with Crippen molar-refractivity contribution >= 4 is 54.3 Å². The second-order valence-electron chi connectivity index (χ2n) is 2.13. The van der Waals surface area contributed by atoms with E-state index in [4.69, 9.17) is 39.1 Å². The molecule has 0 aliphatic heterocycles. The van der Waals surface area contributed by atoms with Gasteiger partial charge in [-0.1, -0.05) is 0 Å². The van der Waals surface area contributed by atoms with Gasteiger partial charge >= 0.3 is 54.3 Å². The molecule has 118 valence electrons. The number of rotatable bonds is 4. The summed E-state index contributed by atoms with van der Waals surface area (Å²) in [6, 6.07) is 0. The summed E-state index contributed by atoms with van der Waals surface area (Å²) in [5.41, 5.74) is 0. The Labute approximate surface area is 139 Å². The van der Waals surface area contributed by atoms with Crippen LogP contribution in [0.1, 0.15) is 0 Å². The van der Waals surface area contributed by atoms with Gasteiger partial charge in [0, 0.05) is 19.5 Å². The van der Waals surface area contributed by atoms with E-state index in [-0.39, 0.29) is 42.5 Å². The molecule has 0 radical (unpaired) electrons. The van der Waals surface area contributed by atoms with Gasteiger partial charge in [0.2, 0.25) is 0 Å². The largest absolute Gasteiger partial charge is 0.478 e. The monoisotopic (exact) mass is 446 g/mol. The molecule has 0 rings (SSSR count). The van der Waals surface area contributed by atoms with Crippen molar-refractivity contribution in [3.8, 4) is 0 Å². The average Bonchev–Trinajstić information content (AvgIpc) is 1.64. The van der Waals surface area contributed by atoms with Crippen molar-refractivity contribution in [1.82, 2.24) is 0 Å². The molecule has 14 nitrogen and oxygen atoms in total. The Balaban J connectivity index is -0.000000116. The second-order valence-corrected chi connectivity index (χ2v) is 7.36. The van der Waals surface area contributed by atoms with Gasteiger partial charge in [0.15, 0.2) is 0 Å². The molecule has 0 saturated carbocycles. The minimum absolute atomic E-state index is 0. The maximum Gasteiger partial charge on any atom is 0.478 e. The van der Waals surface area contributed by atoms with E-state index in [0.29, 0.717) is 0 Å². The zero-order valence-corrected chi connectivity index (χ0v) is 15.1. The summed E-state index contributed by atoms with van der Waals surface area (Å²) in [7, 11) is -20.2. The SMILES string of the molecule is O=P(O)(O)OP(=O)(O)O.O=P(O)(O)OP(=O)(O)O.[MgH2].[Zn]. The van der Waals surface area contributed by atoms with Crippen LogP contribution in [-0.2, 0) is 46.4 Å². The van der Waals surface area contributed by atoms with Crippen LogP contribution in [-0.4, -0.2) is 62.2 Å². The smallest absolute Gasteiger partial charge is 0.302 e. The molecular weight excluding hydrogens is 438 g/mol. The van der Waals surface area contributed by atoms with Crippen LogP contribution >= 0.6 is 31.3 Å². The van der Waals surface area contributed by atoms with Crippen LogP contribution in [0.3, 0.4) is 0 Å². The third kappa shape index (κ3) is 36.8. The zero-order valence-electron chi connectivity index (χ0n) is 8.52. The molecule has 0 unspecified atom stereocenters. The first-order valence-electron chi connectivity index (χ1n) is 3.06. The maximum atomic E-state index is 9.63. The number of hydrogen-bond donors (Lipinski definition) is 8. The molecule has 0 fully saturated rings. The number of phosphoric acid groups is 4. The summed E-state index contributed by atoms with van der Waals surface area (Å²) < 4.78 is 44.4. The van der Waals surface area contributed by atoms with Gasteiger partial charge in [0.05, 0.1) is 0 Å². The Bertz CT molecular complexity index is 348. The minimum atomic E-state index is -5.05. The normalized spacial score (nSPS) is 12.4. The van der Waals surface area contributed by atoms with Gasteiger partial charge in [0.25, 0.3) is 0 Å². The Kier molecular flexibility index (Phi) is 15.9. The van der Waals surface area contributed by atoms with E-state index in [2.05, 4.69) is 8.62 Å². The van der Waals surface area contributed by atoms with E-state index in [1.54, 1.807) is 0 Å². The van der Waals surface area contributed by atoms with Crippen LogP contribution < -0.4 is 0 Å². The maximum absolute atomic E-state index is 9.63. The third-order valence-corrected chi connectivity index (χ3v) is 3.83. The average molecular weight is 448 g/mol. The van der Waals surface area contributed by atoms with Crippen LogP contribution in [0.5, 0.6) is 0 Å². The van der Waals surface area contributed by atoms with E-state index < -0.39 is 31.3 Å². The molecule has 0 aromatic rings. The summed E-state index contributed by atoms with van der Waals surface area (Å²) in [6.07, 6.45) is 0. The predicted molar refractivity (Wildman–Crippen MR) is 58.9 cm³/mol. The molecule has 20 heavy (non-hydrogen) atoms. The van der Waals surface area contributed by atoms with Crippen LogP contribution in [0.15, 0.2) is 0 Å². The predicted octanol–water partition coefficient (Wildman–Crippen LogP) is -2.54. The molecule has 0 aromatic heterocycles. The fourth-order valence-corrected chi connectivity index (χ4v) is 2.49. The van der Waals surface area contributed by atoms with Gasteiger partial charge in [-0.25, -0.2) is 18.3 Å². The van der Waals surface area contributed by atoms with Crippen molar-refractivity contribution in [2.45, 2.75) is 0 Å². The van der Waals surface area contributed by atoms with Crippen molar-refractivity contribution in [3.05, 3.63) is 0 Å². The first-order valence-corrected chi connectivity index (χ1v) is 9.18. The van der Waals surface area contributed by atoms with Gasteiger partial charge in [-0.15, -0.1) is 0 Å².